The van der Waals surface area contributed by atoms with E-state index in [2.05, 4.69) is 0 Å². The topological polar surface area (TPSA) is 63.7 Å². The third-order valence-electron chi connectivity index (χ3n) is 4.06. The summed E-state index contributed by atoms with van der Waals surface area (Å²) < 4.78 is 41.6. The lowest BCUT2D eigenvalue weighted by Gasteiger charge is -2.29. The first-order chi connectivity index (χ1) is 12.6. The van der Waals surface area contributed by atoms with E-state index in [0.29, 0.717) is 17.0 Å². The largest absolute Gasteiger partial charge is 0.382 e. The zero-order valence-electron chi connectivity index (χ0n) is 15.3. The van der Waals surface area contributed by atoms with Gasteiger partial charge >= 0.3 is 10.1 Å². The Morgan fingerprint density at radius 3 is 2.56 bits per heavy atom. The van der Waals surface area contributed by atoms with Crippen molar-refractivity contribution >= 4 is 27.6 Å². The van der Waals surface area contributed by atoms with Crippen molar-refractivity contribution in [2.45, 2.75) is 32.9 Å². The molecule has 0 spiro atoms. The quantitative estimate of drug-likeness (QED) is 0.636. The molecule has 8 heteroatoms. The summed E-state index contributed by atoms with van der Waals surface area (Å²) in [5.74, 6) is -0.773. The van der Waals surface area contributed by atoms with Crippen molar-refractivity contribution in [3.05, 3.63) is 64.4 Å². The standard InChI is InChI=1S/C19H21ClFNO4S/c1-4-13(2)22(19(23)14-6-5-7-17(21)11-14)12-15-10-16(20)8-9-18(15)26-27(3,24)25/h5-11,13H,4,12H2,1-3H3. The summed E-state index contributed by atoms with van der Waals surface area (Å²) >= 11 is 6.04. The van der Waals surface area contributed by atoms with E-state index in [1.807, 2.05) is 13.8 Å². The molecular formula is C19H21ClFNO4S. The lowest BCUT2D eigenvalue weighted by molar-refractivity contribution is 0.0670. The Bertz CT molecular complexity index is 933. The molecule has 0 aromatic heterocycles. The average Bonchev–Trinajstić information content (AvgIpc) is 2.59. The fraction of sp³-hybridized carbons (Fsp3) is 0.316. The Labute approximate surface area is 163 Å². The molecule has 2 rings (SSSR count). The molecule has 0 heterocycles. The fourth-order valence-electron chi connectivity index (χ4n) is 2.54. The van der Waals surface area contributed by atoms with Crippen molar-refractivity contribution in [3.8, 4) is 5.75 Å². The van der Waals surface area contributed by atoms with Crippen LogP contribution in [0.3, 0.4) is 0 Å². The molecule has 0 N–H and O–H groups in total. The Balaban J connectivity index is 2.42. The molecule has 0 saturated carbocycles. The number of amides is 1. The molecule has 0 bridgehead atoms. The minimum atomic E-state index is -3.75. The van der Waals surface area contributed by atoms with Gasteiger partial charge in [0.25, 0.3) is 5.91 Å². The summed E-state index contributed by atoms with van der Waals surface area (Å²) in [5.41, 5.74) is 0.654. The summed E-state index contributed by atoms with van der Waals surface area (Å²) in [6, 6.07) is 9.76. The van der Waals surface area contributed by atoms with Crippen molar-refractivity contribution in [3.63, 3.8) is 0 Å². The zero-order valence-corrected chi connectivity index (χ0v) is 16.8. The fourth-order valence-corrected chi connectivity index (χ4v) is 3.22. The van der Waals surface area contributed by atoms with Gasteiger partial charge in [0.1, 0.15) is 11.6 Å². The number of rotatable bonds is 7. The van der Waals surface area contributed by atoms with Gasteiger partial charge in [-0.25, -0.2) is 4.39 Å². The monoisotopic (exact) mass is 413 g/mol. The highest BCUT2D eigenvalue weighted by atomic mass is 35.5. The molecule has 27 heavy (non-hydrogen) atoms. The number of hydrogen-bond donors (Lipinski definition) is 0. The predicted octanol–water partition coefficient (Wildman–Crippen LogP) is 4.26. The van der Waals surface area contributed by atoms with Gasteiger partial charge in [-0.15, -0.1) is 0 Å². The number of carbonyl (C=O) groups is 1. The Hall–Kier alpha value is -2.12. The Morgan fingerprint density at radius 2 is 1.96 bits per heavy atom. The maximum Gasteiger partial charge on any atom is 0.306 e. The van der Waals surface area contributed by atoms with E-state index in [1.165, 1.54) is 41.3 Å². The lowest BCUT2D eigenvalue weighted by atomic mass is 10.1. The highest BCUT2D eigenvalue weighted by Gasteiger charge is 2.23. The molecule has 1 unspecified atom stereocenters. The van der Waals surface area contributed by atoms with Crippen LogP contribution in [-0.2, 0) is 16.7 Å². The van der Waals surface area contributed by atoms with Gasteiger partial charge in [-0.1, -0.05) is 24.6 Å². The minimum absolute atomic E-state index is 0.0652. The van der Waals surface area contributed by atoms with E-state index >= 15 is 0 Å². The minimum Gasteiger partial charge on any atom is -0.382 e. The van der Waals surface area contributed by atoms with Crippen LogP contribution in [0.15, 0.2) is 42.5 Å². The maximum absolute atomic E-state index is 13.5. The van der Waals surface area contributed by atoms with E-state index < -0.39 is 15.9 Å². The van der Waals surface area contributed by atoms with Crippen LogP contribution >= 0.6 is 11.6 Å². The number of benzene rings is 2. The van der Waals surface area contributed by atoms with Crippen LogP contribution in [0.5, 0.6) is 5.75 Å². The van der Waals surface area contributed by atoms with E-state index in [4.69, 9.17) is 15.8 Å². The first-order valence-electron chi connectivity index (χ1n) is 8.35. The number of halogens is 2. The number of nitrogens with zero attached hydrogens (tertiary/aromatic N) is 1. The zero-order chi connectivity index (χ0) is 20.2. The molecule has 0 fully saturated rings. The molecule has 0 aliphatic carbocycles. The molecule has 5 nitrogen and oxygen atoms in total. The SMILES string of the molecule is CCC(C)N(Cc1cc(Cl)ccc1OS(C)(=O)=O)C(=O)c1cccc(F)c1. The maximum atomic E-state index is 13.5. The van der Waals surface area contributed by atoms with Gasteiger partial charge in [0, 0.05) is 22.2 Å². The van der Waals surface area contributed by atoms with E-state index in [0.717, 1.165) is 6.26 Å². The van der Waals surface area contributed by atoms with Gasteiger partial charge in [0.15, 0.2) is 0 Å². The van der Waals surface area contributed by atoms with Gasteiger partial charge in [-0.05, 0) is 49.7 Å². The second kappa shape index (κ2) is 8.71. The molecule has 0 aliphatic heterocycles. The van der Waals surface area contributed by atoms with Crippen LogP contribution in [0, 0.1) is 5.82 Å². The predicted molar refractivity (Wildman–Crippen MR) is 103 cm³/mol. The molecule has 1 amide bonds. The number of hydrogen-bond acceptors (Lipinski definition) is 4. The van der Waals surface area contributed by atoms with E-state index in [1.54, 1.807) is 6.07 Å². The molecule has 0 saturated heterocycles. The molecule has 1 atom stereocenters. The number of carbonyl (C=O) groups excluding carboxylic acids is 1. The van der Waals surface area contributed by atoms with Crippen LogP contribution < -0.4 is 4.18 Å². The molecule has 2 aromatic carbocycles. The van der Waals surface area contributed by atoms with Crippen LogP contribution in [-0.4, -0.2) is 31.5 Å². The molecule has 146 valence electrons. The van der Waals surface area contributed by atoms with Crippen LogP contribution in [0.1, 0.15) is 36.2 Å². The van der Waals surface area contributed by atoms with Gasteiger partial charge < -0.3 is 9.08 Å². The summed E-state index contributed by atoms with van der Waals surface area (Å²) in [6.45, 7) is 3.84. The van der Waals surface area contributed by atoms with Gasteiger partial charge in [-0.3, -0.25) is 4.79 Å². The van der Waals surface area contributed by atoms with Crippen molar-refractivity contribution in [1.29, 1.82) is 0 Å². The van der Waals surface area contributed by atoms with Gasteiger partial charge in [0.05, 0.1) is 12.8 Å². The molecular weight excluding hydrogens is 393 g/mol. The van der Waals surface area contributed by atoms with Crippen LogP contribution in [0.25, 0.3) is 0 Å². The smallest absolute Gasteiger partial charge is 0.306 e. The highest BCUT2D eigenvalue weighted by molar-refractivity contribution is 7.86. The highest BCUT2D eigenvalue weighted by Crippen LogP contribution is 2.27. The Kier molecular flexibility index (Phi) is 6.84. The first kappa shape index (κ1) is 21.2. The summed E-state index contributed by atoms with van der Waals surface area (Å²) in [7, 11) is -3.75. The summed E-state index contributed by atoms with van der Waals surface area (Å²) in [5, 5.41) is 0.383. The van der Waals surface area contributed by atoms with Crippen LogP contribution in [0.2, 0.25) is 5.02 Å². The van der Waals surface area contributed by atoms with Crippen molar-refractivity contribution in [2.75, 3.05) is 6.26 Å². The molecule has 2 aromatic rings. The second-order valence-corrected chi connectivity index (χ2v) is 8.25. The summed E-state index contributed by atoms with van der Waals surface area (Å²) in [4.78, 5) is 14.5. The van der Waals surface area contributed by atoms with Gasteiger partial charge in [-0.2, -0.15) is 8.42 Å². The van der Waals surface area contributed by atoms with E-state index in [9.17, 15) is 17.6 Å². The Morgan fingerprint density at radius 1 is 1.26 bits per heavy atom. The van der Waals surface area contributed by atoms with Crippen molar-refractivity contribution in [2.24, 2.45) is 0 Å². The average molecular weight is 414 g/mol. The van der Waals surface area contributed by atoms with Crippen LogP contribution in [0.4, 0.5) is 4.39 Å². The van der Waals surface area contributed by atoms with E-state index in [-0.39, 0.29) is 29.8 Å². The third kappa shape index (κ3) is 5.94. The first-order valence-corrected chi connectivity index (χ1v) is 10.5. The lowest BCUT2D eigenvalue weighted by Crippen LogP contribution is -2.38. The molecule has 0 radical (unpaired) electrons. The normalized spacial score (nSPS) is 12.5. The van der Waals surface area contributed by atoms with Crippen molar-refractivity contribution < 1.29 is 21.8 Å². The van der Waals surface area contributed by atoms with Gasteiger partial charge in [0.2, 0.25) is 0 Å². The summed E-state index contributed by atoms with van der Waals surface area (Å²) in [6.07, 6.45) is 1.60. The third-order valence-corrected chi connectivity index (χ3v) is 4.78. The molecule has 0 aliphatic rings. The second-order valence-electron chi connectivity index (χ2n) is 6.24. The van der Waals surface area contributed by atoms with Crippen molar-refractivity contribution in [1.82, 2.24) is 4.90 Å².